The number of nitrogens with two attached hydrogens (primary N) is 1. The van der Waals surface area contributed by atoms with Crippen molar-refractivity contribution >= 4 is 46.0 Å². The second-order valence-corrected chi connectivity index (χ2v) is 14.3. The molecule has 4 aromatic rings. The van der Waals surface area contributed by atoms with E-state index in [1.807, 2.05) is 49.4 Å². The minimum absolute atomic E-state index is 0.0443. The zero-order valence-corrected chi connectivity index (χ0v) is 25.4. The molecular formula is C34H35ClN6O3. The number of carbonyl (C=O) groups excluding carboxylic acids is 1. The molecule has 0 radical (unpaired) electrons. The molecule has 1 atom stereocenters. The van der Waals surface area contributed by atoms with Gasteiger partial charge in [0, 0.05) is 23.4 Å². The first kappa shape index (κ1) is 27.6. The molecule has 4 fully saturated rings. The fourth-order valence-electron chi connectivity index (χ4n) is 9.28. The molecule has 0 spiro atoms. The number of carboxylic acid groups (broad SMARTS) is 1. The smallest absolute Gasteiger partial charge is 0.303 e. The van der Waals surface area contributed by atoms with Crippen molar-refractivity contribution in [3.8, 4) is 11.5 Å². The lowest BCUT2D eigenvalue weighted by molar-refractivity contribution is -0.137. The van der Waals surface area contributed by atoms with E-state index >= 15 is 0 Å². The van der Waals surface area contributed by atoms with Gasteiger partial charge in [-0.05, 0) is 104 Å². The summed E-state index contributed by atoms with van der Waals surface area (Å²) < 4.78 is 2.12. The van der Waals surface area contributed by atoms with E-state index in [0.29, 0.717) is 34.3 Å². The number of aryl methyl sites for hydroxylation is 1. The molecule has 5 aliphatic rings. The third-order valence-corrected chi connectivity index (χ3v) is 11.1. The van der Waals surface area contributed by atoms with E-state index in [1.54, 1.807) is 0 Å². The molecular weight excluding hydrogens is 576 g/mol. The minimum Gasteiger partial charge on any atom is -0.481 e. The number of benzene rings is 2. The van der Waals surface area contributed by atoms with Gasteiger partial charge in [0.05, 0.1) is 11.1 Å². The Morgan fingerprint density at radius 3 is 2.41 bits per heavy atom. The van der Waals surface area contributed by atoms with Crippen LogP contribution in [0.25, 0.3) is 22.4 Å². The van der Waals surface area contributed by atoms with Gasteiger partial charge in [-0.15, -0.1) is 0 Å². The molecule has 4 saturated carbocycles. The lowest BCUT2D eigenvalue weighted by Crippen LogP contribution is -2.48. The van der Waals surface area contributed by atoms with Crippen molar-refractivity contribution in [2.75, 3.05) is 11.1 Å². The second-order valence-electron chi connectivity index (χ2n) is 13.9. The number of nitrogen functional groups attached to an aromatic ring is 1. The zero-order chi connectivity index (χ0) is 30.4. The Morgan fingerprint density at radius 2 is 1.75 bits per heavy atom. The molecule has 9 nitrogen and oxygen atoms in total. The van der Waals surface area contributed by atoms with Gasteiger partial charge in [-0.3, -0.25) is 14.3 Å². The van der Waals surface area contributed by atoms with Gasteiger partial charge in [-0.25, -0.2) is 9.97 Å². The number of nitrogens with zero attached hydrogens (tertiary/aromatic N) is 4. The fourth-order valence-corrected chi connectivity index (χ4v) is 9.45. The van der Waals surface area contributed by atoms with Crippen LogP contribution in [0.3, 0.4) is 0 Å². The average Bonchev–Trinajstić information content (AvgIpc) is 3.45. The lowest BCUT2D eigenvalue weighted by Gasteiger charge is -2.56. The lowest BCUT2D eigenvalue weighted by atomic mass is 9.49. The average molecular weight is 611 g/mol. The van der Waals surface area contributed by atoms with Gasteiger partial charge >= 0.3 is 5.97 Å². The predicted octanol–water partition coefficient (Wildman–Crippen LogP) is 6.22. The zero-order valence-electron chi connectivity index (χ0n) is 24.6. The molecule has 10 heteroatoms. The third kappa shape index (κ3) is 4.30. The van der Waals surface area contributed by atoms with Crippen LogP contribution >= 0.6 is 11.6 Å². The molecule has 1 amide bonds. The molecule has 0 saturated heterocycles. The van der Waals surface area contributed by atoms with Crippen molar-refractivity contribution in [3.63, 3.8) is 0 Å². The number of hydrogen-bond donors (Lipinski definition) is 3. The Morgan fingerprint density at radius 1 is 1.07 bits per heavy atom. The van der Waals surface area contributed by atoms with Gasteiger partial charge in [0.1, 0.15) is 22.7 Å². The molecule has 44 heavy (non-hydrogen) atoms. The molecule has 2 aromatic carbocycles. The first-order chi connectivity index (χ1) is 21.1. The summed E-state index contributed by atoms with van der Waals surface area (Å²) in [6.07, 6.45) is 8.42. The van der Waals surface area contributed by atoms with Crippen molar-refractivity contribution in [2.24, 2.45) is 23.2 Å². The topological polar surface area (TPSA) is 136 Å². The first-order valence-electron chi connectivity index (χ1n) is 15.6. The standard InChI is InChI=1S/C34H35ClN6O3/c1-33(22-5-2-18(3-6-22)4-9-26(42)43)27-29(36)37-31(38-30(27)39-32(33)44)28-24-8-7-23(35)13-25(24)41(40-28)17-34-14-19-10-20(15-34)12-21(11-19)16-34/h2-3,5-8,13,19-21H,4,9-12,14-17H2,1H3,(H,42,43)(H3,36,37,38,39,44)/t19?,20?,21?,33-,34?/m1/s1. The Kier molecular flexibility index (Phi) is 6.11. The summed E-state index contributed by atoms with van der Waals surface area (Å²) in [4.78, 5) is 34.1. The molecule has 4 N–H and O–H groups in total. The number of anilines is 2. The number of amides is 1. The van der Waals surface area contributed by atoms with E-state index in [1.165, 1.54) is 38.5 Å². The normalized spacial score (nSPS) is 28.4. The van der Waals surface area contributed by atoms with E-state index in [9.17, 15) is 9.59 Å². The number of aliphatic carboxylic acids is 1. The highest BCUT2D eigenvalue weighted by molar-refractivity contribution is 6.31. The highest BCUT2D eigenvalue weighted by Gasteiger charge is 2.51. The molecule has 2 aromatic heterocycles. The first-order valence-corrected chi connectivity index (χ1v) is 16.0. The van der Waals surface area contributed by atoms with Crippen LogP contribution in [0.2, 0.25) is 5.02 Å². The fraction of sp³-hybridized carbons (Fsp3) is 0.441. The molecule has 4 aliphatic carbocycles. The molecule has 9 rings (SSSR count). The van der Waals surface area contributed by atoms with E-state index in [-0.39, 0.29) is 23.6 Å². The second kappa shape index (κ2) is 9.76. The van der Waals surface area contributed by atoms with E-state index < -0.39 is 11.4 Å². The molecule has 3 heterocycles. The number of nitrogens with one attached hydrogen (secondary N) is 1. The van der Waals surface area contributed by atoms with Gasteiger partial charge in [0.25, 0.3) is 0 Å². The van der Waals surface area contributed by atoms with Crippen LogP contribution < -0.4 is 11.1 Å². The van der Waals surface area contributed by atoms with Gasteiger partial charge in [-0.1, -0.05) is 35.9 Å². The van der Waals surface area contributed by atoms with Gasteiger partial charge in [0.15, 0.2) is 5.82 Å². The Balaban J connectivity index is 1.17. The molecule has 1 aliphatic heterocycles. The molecule has 226 valence electrons. The van der Waals surface area contributed by atoms with Crippen molar-refractivity contribution in [2.45, 2.75) is 70.3 Å². The van der Waals surface area contributed by atoms with Crippen LogP contribution in [0.1, 0.15) is 68.6 Å². The van der Waals surface area contributed by atoms with Crippen LogP contribution in [-0.2, 0) is 28.0 Å². The molecule has 4 bridgehead atoms. The highest BCUT2D eigenvalue weighted by atomic mass is 35.5. The van der Waals surface area contributed by atoms with E-state index in [0.717, 1.165) is 46.3 Å². The number of carboxylic acids is 1. The maximum Gasteiger partial charge on any atom is 0.303 e. The van der Waals surface area contributed by atoms with Crippen LogP contribution in [0, 0.1) is 23.2 Å². The van der Waals surface area contributed by atoms with E-state index in [4.69, 9.17) is 37.5 Å². The summed E-state index contributed by atoms with van der Waals surface area (Å²) in [5.74, 6) is 2.39. The Labute approximate surface area is 260 Å². The van der Waals surface area contributed by atoms with Gasteiger partial charge in [0.2, 0.25) is 5.91 Å². The van der Waals surface area contributed by atoms with Crippen molar-refractivity contribution < 1.29 is 14.7 Å². The Hall–Kier alpha value is -3.98. The van der Waals surface area contributed by atoms with E-state index in [2.05, 4.69) is 10.00 Å². The predicted molar refractivity (Wildman–Crippen MR) is 168 cm³/mol. The number of halogens is 1. The quantitative estimate of drug-likeness (QED) is 0.226. The van der Waals surface area contributed by atoms with Crippen LogP contribution in [0.4, 0.5) is 11.6 Å². The summed E-state index contributed by atoms with van der Waals surface area (Å²) in [6.45, 7) is 2.67. The summed E-state index contributed by atoms with van der Waals surface area (Å²) in [5, 5.41) is 18.7. The summed E-state index contributed by atoms with van der Waals surface area (Å²) in [6, 6.07) is 13.2. The summed E-state index contributed by atoms with van der Waals surface area (Å²) in [5.41, 5.74) is 9.54. The van der Waals surface area contributed by atoms with Crippen LogP contribution in [0.15, 0.2) is 42.5 Å². The van der Waals surface area contributed by atoms with Crippen molar-refractivity contribution in [3.05, 3.63) is 64.2 Å². The largest absolute Gasteiger partial charge is 0.481 e. The number of rotatable bonds is 7. The monoisotopic (exact) mass is 610 g/mol. The van der Waals surface area contributed by atoms with Crippen LogP contribution in [-0.4, -0.2) is 36.7 Å². The van der Waals surface area contributed by atoms with Gasteiger partial charge < -0.3 is 16.2 Å². The number of aromatic nitrogens is 4. The SMILES string of the molecule is C[C@]1(c2ccc(CCC(=O)O)cc2)C(=O)Nc2nc(-c3nn(CC45CC6CC(CC(C6)C4)C5)c4cc(Cl)ccc34)nc(N)c21. The highest BCUT2D eigenvalue weighted by Crippen LogP contribution is 2.60. The Bertz CT molecular complexity index is 1810. The number of fused-ring (bicyclic) bond motifs is 2. The van der Waals surface area contributed by atoms with Crippen molar-refractivity contribution in [1.82, 2.24) is 19.7 Å². The number of hydrogen-bond acceptors (Lipinski definition) is 6. The van der Waals surface area contributed by atoms with Crippen molar-refractivity contribution in [1.29, 1.82) is 0 Å². The number of carbonyl (C=O) groups is 2. The summed E-state index contributed by atoms with van der Waals surface area (Å²) in [7, 11) is 0. The van der Waals surface area contributed by atoms with Crippen LogP contribution in [0.5, 0.6) is 0 Å². The maximum atomic E-state index is 13.5. The maximum absolute atomic E-state index is 13.5. The minimum atomic E-state index is -1.10. The third-order valence-electron chi connectivity index (χ3n) is 10.9. The van der Waals surface area contributed by atoms with Gasteiger partial charge in [-0.2, -0.15) is 5.10 Å². The molecule has 0 unspecified atom stereocenters. The summed E-state index contributed by atoms with van der Waals surface area (Å²) >= 11 is 6.50.